The second-order valence-electron chi connectivity index (χ2n) is 6.86. The van der Waals surface area contributed by atoms with Crippen molar-refractivity contribution in [2.45, 2.75) is 18.8 Å². The fourth-order valence-corrected chi connectivity index (χ4v) is 3.60. The Labute approximate surface area is 164 Å². The summed E-state index contributed by atoms with van der Waals surface area (Å²) in [5.74, 6) is 0.949. The fraction of sp³-hybridized carbons (Fsp3) is 0.273. The smallest absolute Gasteiger partial charge is 0.274 e. The molecule has 0 bridgehead atoms. The minimum Gasteiger partial charge on any atom is -0.497 e. The van der Waals surface area contributed by atoms with Gasteiger partial charge in [0.15, 0.2) is 0 Å². The van der Waals surface area contributed by atoms with Crippen molar-refractivity contribution in [1.29, 1.82) is 0 Å². The second-order valence-corrected chi connectivity index (χ2v) is 6.86. The van der Waals surface area contributed by atoms with Crippen molar-refractivity contribution in [3.63, 3.8) is 0 Å². The highest BCUT2D eigenvalue weighted by Gasteiger charge is 2.27. The summed E-state index contributed by atoms with van der Waals surface area (Å²) >= 11 is 0. The monoisotopic (exact) mass is 374 g/mol. The van der Waals surface area contributed by atoms with Gasteiger partial charge in [0.05, 0.1) is 19.0 Å². The van der Waals surface area contributed by atoms with Crippen molar-refractivity contribution in [2.75, 3.05) is 20.2 Å². The lowest BCUT2D eigenvalue weighted by Gasteiger charge is -2.32. The van der Waals surface area contributed by atoms with Crippen LogP contribution in [0.25, 0.3) is 11.3 Å². The van der Waals surface area contributed by atoms with Crippen LogP contribution >= 0.6 is 0 Å². The topological polar surface area (TPSA) is 68.2 Å². The third-order valence-corrected chi connectivity index (χ3v) is 5.05. The number of pyridine rings is 1. The standard InChI is InChI=1S/C22H22N4O2/c1-28-18-7-2-5-16(13-18)19-8-3-9-20(25-19)17-6-4-12-26(15-17)22(27)21-14-23-10-11-24-21/h2-3,5,7-11,13-14,17H,4,6,12,15H2,1H3/t17-/m1/s1. The van der Waals surface area contributed by atoms with Crippen molar-refractivity contribution >= 4 is 5.91 Å². The Bertz CT molecular complexity index is 962. The zero-order valence-corrected chi connectivity index (χ0v) is 15.8. The van der Waals surface area contributed by atoms with Gasteiger partial charge in [0, 0.05) is 42.7 Å². The molecule has 6 heteroatoms. The van der Waals surface area contributed by atoms with E-state index in [-0.39, 0.29) is 11.8 Å². The Morgan fingerprint density at radius 1 is 1.18 bits per heavy atom. The first-order valence-corrected chi connectivity index (χ1v) is 9.41. The Hall–Kier alpha value is -3.28. The maximum absolute atomic E-state index is 12.7. The molecule has 4 rings (SSSR count). The number of carbonyl (C=O) groups is 1. The highest BCUT2D eigenvalue weighted by molar-refractivity contribution is 5.92. The summed E-state index contributed by atoms with van der Waals surface area (Å²) in [5.41, 5.74) is 3.33. The van der Waals surface area contributed by atoms with Crippen LogP contribution in [0.2, 0.25) is 0 Å². The van der Waals surface area contributed by atoms with Crippen LogP contribution in [0, 0.1) is 0 Å². The SMILES string of the molecule is COc1cccc(-c2cccc([C@@H]3CCCN(C(=O)c4cnccn4)C3)n2)c1. The van der Waals surface area contributed by atoms with Crippen LogP contribution in [0.3, 0.4) is 0 Å². The molecule has 1 aromatic carbocycles. The van der Waals surface area contributed by atoms with Crippen LogP contribution < -0.4 is 4.74 Å². The van der Waals surface area contributed by atoms with E-state index in [0.29, 0.717) is 12.2 Å². The van der Waals surface area contributed by atoms with Crippen LogP contribution in [0.1, 0.15) is 34.9 Å². The molecule has 1 fully saturated rings. The van der Waals surface area contributed by atoms with Gasteiger partial charge in [0.25, 0.3) is 5.91 Å². The summed E-state index contributed by atoms with van der Waals surface area (Å²) < 4.78 is 5.32. The Morgan fingerprint density at radius 3 is 2.89 bits per heavy atom. The van der Waals surface area contributed by atoms with Gasteiger partial charge < -0.3 is 9.64 Å². The highest BCUT2D eigenvalue weighted by Crippen LogP contribution is 2.29. The number of rotatable bonds is 4. The van der Waals surface area contributed by atoms with E-state index >= 15 is 0 Å². The van der Waals surface area contributed by atoms with Gasteiger partial charge in [-0.2, -0.15) is 0 Å². The van der Waals surface area contributed by atoms with Crippen LogP contribution in [-0.2, 0) is 0 Å². The summed E-state index contributed by atoms with van der Waals surface area (Å²) in [4.78, 5) is 27.6. The number of carbonyl (C=O) groups excluding carboxylic acids is 1. The summed E-state index contributed by atoms with van der Waals surface area (Å²) in [6, 6.07) is 14.0. The number of piperidine rings is 1. The maximum atomic E-state index is 12.7. The molecular weight excluding hydrogens is 352 g/mol. The lowest BCUT2D eigenvalue weighted by atomic mass is 9.93. The van der Waals surface area contributed by atoms with Crippen molar-refractivity contribution in [3.8, 4) is 17.0 Å². The molecule has 28 heavy (non-hydrogen) atoms. The average molecular weight is 374 g/mol. The Morgan fingerprint density at radius 2 is 2.07 bits per heavy atom. The van der Waals surface area contributed by atoms with E-state index in [2.05, 4.69) is 9.97 Å². The molecule has 0 aliphatic carbocycles. The molecule has 0 N–H and O–H groups in total. The van der Waals surface area contributed by atoms with E-state index in [1.54, 1.807) is 19.5 Å². The van der Waals surface area contributed by atoms with Gasteiger partial charge in [0.2, 0.25) is 0 Å². The number of hydrogen-bond acceptors (Lipinski definition) is 5. The van der Waals surface area contributed by atoms with E-state index in [1.165, 1.54) is 6.20 Å². The summed E-state index contributed by atoms with van der Waals surface area (Å²) in [6.45, 7) is 1.38. The first-order chi connectivity index (χ1) is 13.7. The molecule has 2 aromatic heterocycles. The first-order valence-electron chi connectivity index (χ1n) is 9.41. The molecule has 1 aliphatic rings. The van der Waals surface area contributed by atoms with Gasteiger partial charge in [-0.25, -0.2) is 4.98 Å². The minimum absolute atomic E-state index is 0.0678. The maximum Gasteiger partial charge on any atom is 0.274 e. The molecule has 3 aromatic rings. The normalized spacial score (nSPS) is 16.6. The summed E-state index contributed by atoms with van der Waals surface area (Å²) in [7, 11) is 1.66. The lowest BCUT2D eigenvalue weighted by Crippen LogP contribution is -2.39. The van der Waals surface area contributed by atoms with Crippen LogP contribution in [0.5, 0.6) is 5.75 Å². The molecule has 0 spiro atoms. The first kappa shape index (κ1) is 18.1. The number of ether oxygens (including phenoxy) is 1. The van der Waals surface area contributed by atoms with Crippen molar-refractivity contribution in [1.82, 2.24) is 19.9 Å². The zero-order chi connectivity index (χ0) is 19.3. The largest absolute Gasteiger partial charge is 0.497 e. The highest BCUT2D eigenvalue weighted by atomic mass is 16.5. The van der Waals surface area contributed by atoms with E-state index in [9.17, 15) is 4.79 Å². The van der Waals surface area contributed by atoms with Crippen LogP contribution in [0.15, 0.2) is 61.1 Å². The lowest BCUT2D eigenvalue weighted by molar-refractivity contribution is 0.0699. The number of likely N-dealkylation sites (tertiary alicyclic amines) is 1. The molecule has 1 atom stereocenters. The van der Waals surface area contributed by atoms with E-state index in [1.807, 2.05) is 47.4 Å². The summed E-state index contributed by atoms with van der Waals surface area (Å²) in [5, 5.41) is 0. The Kier molecular flexibility index (Phi) is 5.28. The van der Waals surface area contributed by atoms with Gasteiger partial charge in [-0.1, -0.05) is 18.2 Å². The molecule has 142 valence electrons. The zero-order valence-electron chi connectivity index (χ0n) is 15.8. The Balaban J connectivity index is 1.55. The van der Waals surface area contributed by atoms with E-state index in [0.717, 1.165) is 42.1 Å². The summed E-state index contributed by atoms with van der Waals surface area (Å²) in [6.07, 6.45) is 6.60. The quantitative estimate of drug-likeness (QED) is 0.698. The molecule has 3 heterocycles. The molecule has 0 radical (unpaired) electrons. The van der Waals surface area contributed by atoms with Crippen molar-refractivity contribution in [2.24, 2.45) is 0 Å². The molecule has 1 amide bonds. The van der Waals surface area contributed by atoms with Gasteiger partial charge in [-0.3, -0.25) is 14.8 Å². The third-order valence-electron chi connectivity index (χ3n) is 5.05. The van der Waals surface area contributed by atoms with Crippen molar-refractivity contribution < 1.29 is 9.53 Å². The van der Waals surface area contributed by atoms with Gasteiger partial charge >= 0.3 is 0 Å². The number of amides is 1. The molecule has 6 nitrogen and oxygen atoms in total. The molecule has 0 unspecified atom stereocenters. The molecule has 0 saturated carbocycles. The second kappa shape index (κ2) is 8.17. The predicted molar refractivity (Wildman–Crippen MR) is 106 cm³/mol. The van der Waals surface area contributed by atoms with Gasteiger partial charge in [-0.05, 0) is 37.1 Å². The third kappa shape index (κ3) is 3.86. The van der Waals surface area contributed by atoms with E-state index in [4.69, 9.17) is 9.72 Å². The van der Waals surface area contributed by atoms with Crippen LogP contribution in [-0.4, -0.2) is 46.0 Å². The average Bonchev–Trinajstić information content (AvgIpc) is 2.79. The molecule has 1 saturated heterocycles. The fourth-order valence-electron chi connectivity index (χ4n) is 3.60. The number of hydrogen-bond donors (Lipinski definition) is 0. The predicted octanol–water partition coefficient (Wildman–Crippen LogP) is 3.57. The molecular formula is C22H22N4O2. The number of methoxy groups -OCH3 is 1. The minimum atomic E-state index is -0.0678. The number of nitrogens with zero attached hydrogens (tertiary/aromatic N) is 4. The number of benzene rings is 1. The van der Waals surface area contributed by atoms with E-state index < -0.39 is 0 Å². The van der Waals surface area contributed by atoms with Crippen molar-refractivity contribution in [3.05, 3.63) is 72.4 Å². The number of aromatic nitrogens is 3. The molecule has 1 aliphatic heterocycles. The van der Waals surface area contributed by atoms with Crippen LogP contribution in [0.4, 0.5) is 0 Å². The van der Waals surface area contributed by atoms with Gasteiger partial charge in [0.1, 0.15) is 11.4 Å². The van der Waals surface area contributed by atoms with Gasteiger partial charge in [-0.15, -0.1) is 0 Å².